The van der Waals surface area contributed by atoms with Crippen molar-refractivity contribution in [1.29, 1.82) is 0 Å². The molecule has 0 aliphatic rings. The lowest BCUT2D eigenvalue weighted by Gasteiger charge is -2.20. The van der Waals surface area contributed by atoms with Crippen molar-refractivity contribution >= 4 is 29.3 Å². The summed E-state index contributed by atoms with van der Waals surface area (Å²) in [4.78, 5) is 21.4. The Morgan fingerprint density at radius 1 is 1.60 bits per heavy atom. The number of aromatic amines is 1. The summed E-state index contributed by atoms with van der Waals surface area (Å²) in [6, 6.07) is 3.18. The summed E-state index contributed by atoms with van der Waals surface area (Å²) in [7, 11) is 3.32. The quantitative estimate of drug-likeness (QED) is 0.878. The average molecular weight is 294 g/mol. The highest BCUT2D eigenvalue weighted by Gasteiger charge is 2.22. The molecule has 108 valence electrons. The first-order valence-electron chi connectivity index (χ1n) is 6.39. The van der Waals surface area contributed by atoms with Gasteiger partial charge in [-0.1, -0.05) is 0 Å². The number of rotatable bonds is 4. The van der Waals surface area contributed by atoms with Crippen LogP contribution in [0, 0.1) is 4.77 Å². The Balaban J connectivity index is 2.55. The second-order valence-electron chi connectivity index (χ2n) is 4.55. The lowest BCUT2D eigenvalue weighted by atomic mass is 10.3. The lowest BCUT2D eigenvalue weighted by molar-refractivity contribution is -0.132. The van der Waals surface area contributed by atoms with E-state index in [1.54, 1.807) is 29.7 Å². The average Bonchev–Trinajstić information content (AvgIpc) is 2.79. The van der Waals surface area contributed by atoms with Gasteiger partial charge in [0.25, 0.3) is 0 Å². The number of hydrogen-bond donors (Lipinski definition) is 1. The van der Waals surface area contributed by atoms with Crippen LogP contribution >= 0.6 is 12.2 Å². The van der Waals surface area contributed by atoms with Gasteiger partial charge in [0.05, 0.1) is 12.6 Å². The smallest absolute Gasteiger partial charge is 0.245 e. The second-order valence-corrected chi connectivity index (χ2v) is 4.94. The molecular formula is C13H18N4O2S. The summed E-state index contributed by atoms with van der Waals surface area (Å²) in [6.45, 7) is 4.40. The second kappa shape index (κ2) is 5.62. The Bertz CT molecular complexity index is 691. The van der Waals surface area contributed by atoms with Gasteiger partial charge in [0.1, 0.15) is 6.04 Å². The van der Waals surface area contributed by atoms with Gasteiger partial charge < -0.3 is 14.6 Å². The van der Waals surface area contributed by atoms with E-state index in [4.69, 9.17) is 17.0 Å². The molecule has 2 rings (SSSR count). The Hall–Kier alpha value is -1.89. The van der Waals surface area contributed by atoms with Gasteiger partial charge in [-0.3, -0.25) is 9.36 Å². The van der Waals surface area contributed by atoms with Crippen molar-refractivity contribution in [2.75, 3.05) is 20.7 Å². The van der Waals surface area contributed by atoms with E-state index in [1.807, 2.05) is 19.9 Å². The SMILES string of the molecule is CCN(C)C(=O)C(C)n1c(=S)[nH]c2ccc(OC)nc21. The fourth-order valence-electron chi connectivity index (χ4n) is 2.04. The van der Waals surface area contributed by atoms with Crippen LogP contribution in [0.15, 0.2) is 12.1 Å². The first kappa shape index (κ1) is 14.5. The van der Waals surface area contributed by atoms with Crippen molar-refractivity contribution < 1.29 is 9.53 Å². The number of ether oxygens (including phenoxy) is 1. The van der Waals surface area contributed by atoms with Crippen LogP contribution in [0.25, 0.3) is 11.2 Å². The molecule has 0 aliphatic heterocycles. The molecule has 0 bridgehead atoms. The first-order valence-corrected chi connectivity index (χ1v) is 6.80. The van der Waals surface area contributed by atoms with E-state index in [2.05, 4.69) is 9.97 Å². The van der Waals surface area contributed by atoms with Gasteiger partial charge in [-0.05, 0) is 32.1 Å². The van der Waals surface area contributed by atoms with Crippen LogP contribution in [0.5, 0.6) is 5.88 Å². The number of likely N-dealkylation sites (N-methyl/N-ethyl adjacent to an activating group) is 1. The number of carbonyl (C=O) groups excluding carboxylic acids is 1. The van der Waals surface area contributed by atoms with Crippen LogP contribution in [0.1, 0.15) is 19.9 Å². The molecule has 0 fully saturated rings. The molecule has 1 amide bonds. The maximum Gasteiger partial charge on any atom is 0.245 e. The minimum absolute atomic E-state index is 0.00544. The molecule has 0 radical (unpaired) electrons. The summed E-state index contributed by atoms with van der Waals surface area (Å²) in [5.41, 5.74) is 1.41. The van der Waals surface area contributed by atoms with Crippen molar-refractivity contribution in [1.82, 2.24) is 19.4 Å². The normalized spacial score (nSPS) is 12.4. The number of carbonyl (C=O) groups is 1. The van der Waals surface area contributed by atoms with Crippen LogP contribution in [0.4, 0.5) is 0 Å². The molecule has 7 heteroatoms. The number of imidazole rings is 1. The lowest BCUT2D eigenvalue weighted by Crippen LogP contribution is -2.33. The maximum atomic E-state index is 12.3. The first-order chi connectivity index (χ1) is 9.49. The predicted molar refractivity (Wildman–Crippen MR) is 79.5 cm³/mol. The van der Waals surface area contributed by atoms with Gasteiger partial charge in [0.15, 0.2) is 10.4 Å². The van der Waals surface area contributed by atoms with Gasteiger partial charge in [0, 0.05) is 19.7 Å². The zero-order chi connectivity index (χ0) is 14.9. The largest absolute Gasteiger partial charge is 0.481 e. The Morgan fingerprint density at radius 2 is 2.30 bits per heavy atom. The zero-order valence-electron chi connectivity index (χ0n) is 12.0. The number of H-pyrrole nitrogens is 1. The van der Waals surface area contributed by atoms with E-state index >= 15 is 0 Å². The van der Waals surface area contributed by atoms with Crippen molar-refractivity contribution in [3.05, 3.63) is 16.9 Å². The standard InChI is InChI=1S/C13H18N4O2S/c1-5-16(3)12(18)8(2)17-11-9(14-13(17)20)6-7-10(15-11)19-4/h6-8H,5H2,1-4H3,(H,14,20). The molecule has 0 aromatic carbocycles. The number of fused-ring (bicyclic) bond motifs is 1. The molecule has 2 heterocycles. The van der Waals surface area contributed by atoms with Gasteiger partial charge in [-0.25, -0.2) is 0 Å². The molecule has 20 heavy (non-hydrogen) atoms. The number of pyridine rings is 1. The van der Waals surface area contributed by atoms with Gasteiger partial charge in [-0.2, -0.15) is 4.98 Å². The highest BCUT2D eigenvalue weighted by molar-refractivity contribution is 7.71. The van der Waals surface area contributed by atoms with Crippen LogP contribution in [-0.4, -0.2) is 46.0 Å². The third kappa shape index (κ3) is 2.40. The third-order valence-corrected chi connectivity index (χ3v) is 3.64. The minimum atomic E-state index is -0.416. The molecule has 0 aliphatic carbocycles. The third-order valence-electron chi connectivity index (χ3n) is 3.34. The van der Waals surface area contributed by atoms with Crippen LogP contribution in [0.3, 0.4) is 0 Å². The number of amides is 1. The fraction of sp³-hybridized carbons (Fsp3) is 0.462. The summed E-state index contributed by atoms with van der Waals surface area (Å²) in [5, 5.41) is 0. The molecule has 2 aromatic rings. The highest BCUT2D eigenvalue weighted by Crippen LogP contribution is 2.21. The van der Waals surface area contributed by atoms with E-state index in [1.165, 1.54) is 0 Å². The van der Waals surface area contributed by atoms with Crippen molar-refractivity contribution in [3.8, 4) is 5.88 Å². The topological polar surface area (TPSA) is 63.2 Å². The molecule has 0 saturated heterocycles. The minimum Gasteiger partial charge on any atom is -0.481 e. The number of nitrogens with zero attached hydrogens (tertiary/aromatic N) is 3. The molecule has 0 saturated carbocycles. The number of nitrogens with one attached hydrogen (secondary N) is 1. The van der Waals surface area contributed by atoms with E-state index in [-0.39, 0.29) is 5.91 Å². The van der Waals surface area contributed by atoms with Crippen LogP contribution in [0.2, 0.25) is 0 Å². The molecule has 1 atom stereocenters. The predicted octanol–water partition coefficient (Wildman–Crippen LogP) is 2.14. The van der Waals surface area contributed by atoms with Crippen LogP contribution < -0.4 is 4.74 Å². The Morgan fingerprint density at radius 3 is 2.90 bits per heavy atom. The van der Waals surface area contributed by atoms with E-state index in [0.29, 0.717) is 22.8 Å². The number of hydrogen-bond acceptors (Lipinski definition) is 4. The van der Waals surface area contributed by atoms with E-state index in [9.17, 15) is 4.79 Å². The van der Waals surface area contributed by atoms with Crippen molar-refractivity contribution in [2.45, 2.75) is 19.9 Å². The summed E-state index contributed by atoms with van der Waals surface area (Å²) >= 11 is 5.31. The number of aromatic nitrogens is 3. The summed E-state index contributed by atoms with van der Waals surface area (Å²) in [5.74, 6) is 0.484. The molecular weight excluding hydrogens is 276 g/mol. The van der Waals surface area contributed by atoms with Crippen molar-refractivity contribution in [2.24, 2.45) is 0 Å². The van der Waals surface area contributed by atoms with E-state index < -0.39 is 6.04 Å². The number of methoxy groups -OCH3 is 1. The molecule has 0 spiro atoms. The molecule has 2 aromatic heterocycles. The fourth-order valence-corrected chi connectivity index (χ4v) is 2.40. The molecule has 1 unspecified atom stereocenters. The van der Waals surface area contributed by atoms with Gasteiger partial charge in [0.2, 0.25) is 11.8 Å². The Kier molecular flexibility index (Phi) is 4.08. The monoisotopic (exact) mass is 294 g/mol. The van der Waals surface area contributed by atoms with Gasteiger partial charge in [-0.15, -0.1) is 0 Å². The van der Waals surface area contributed by atoms with Gasteiger partial charge >= 0.3 is 0 Å². The summed E-state index contributed by atoms with van der Waals surface area (Å²) < 4.78 is 7.33. The van der Waals surface area contributed by atoms with Crippen molar-refractivity contribution in [3.63, 3.8) is 0 Å². The highest BCUT2D eigenvalue weighted by atomic mass is 32.1. The Labute approximate surface area is 122 Å². The molecule has 1 N–H and O–H groups in total. The zero-order valence-corrected chi connectivity index (χ0v) is 12.8. The molecule has 6 nitrogen and oxygen atoms in total. The summed E-state index contributed by atoms with van der Waals surface area (Å²) in [6.07, 6.45) is 0. The van der Waals surface area contributed by atoms with E-state index in [0.717, 1.165) is 5.52 Å². The van der Waals surface area contributed by atoms with Crippen LogP contribution in [-0.2, 0) is 4.79 Å². The maximum absolute atomic E-state index is 12.3.